The molecular weight excluding hydrogens is 308 g/mol. The van der Waals surface area contributed by atoms with Crippen LogP contribution in [0.2, 0.25) is 0 Å². The molecule has 0 aliphatic heterocycles. The molecule has 3 rings (SSSR count). The van der Waals surface area contributed by atoms with Crippen LogP contribution in [0.25, 0.3) is 11.3 Å². The number of aromatic nitrogens is 4. The van der Waals surface area contributed by atoms with Crippen LogP contribution in [-0.2, 0) is 0 Å². The van der Waals surface area contributed by atoms with Crippen LogP contribution in [0.4, 0.5) is 5.95 Å². The number of amides is 1. The van der Waals surface area contributed by atoms with E-state index in [2.05, 4.69) is 30.7 Å². The highest BCUT2D eigenvalue weighted by Crippen LogP contribution is 2.18. The van der Waals surface area contributed by atoms with Crippen LogP contribution < -0.4 is 10.6 Å². The van der Waals surface area contributed by atoms with Crippen LogP contribution in [-0.4, -0.2) is 39.1 Å². The summed E-state index contributed by atoms with van der Waals surface area (Å²) < 4.78 is 5.18. The maximum Gasteiger partial charge on any atom is 0.273 e. The lowest BCUT2D eigenvalue weighted by Gasteiger charge is -2.04. The van der Waals surface area contributed by atoms with E-state index < -0.39 is 0 Å². The molecule has 3 aromatic rings. The zero-order valence-corrected chi connectivity index (χ0v) is 12.8. The van der Waals surface area contributed by atoms with Crippen molar-refractivity contribution >= 4 is 11.9 Å². The summed E-state index contributed by atoms with van der Waals surface area (Å²) in [5.74, 6) is 0.808. The van der Waals surface area contributed by atoms with Crippen molar-refractivity contribution in [1.29, 1.82) is 0 Å². The summed E-state index contributed by atoms with van der Waals surface area (Å²) in [5, 5.41) is 9.65. The number of nitrogens with zero attached hydrogens (tertiary/aromatic N) is 4. The van der Waals surface area contributed by atoms with Crippen LogP contribution >= 0.6 is 0 Å². The molecule has 8 nitrogen and oxygen atoms in total. The van der Waals surface area contributed by atoms with Crippen molar-refractivity contribution in [2.24, 2.45) is 0 Å². The van der Waals surface area contributed by atoms with Gasteiger partial charge < -0.3 is 15.2 Å². The zero-order chi connectivity index (χ0) is 16.6. The Morgan fingerprint density at radius 3 is 2.79 bits per heavy atom. The van der Waals surface area contributed by atoms with E-state index in [1.807, 2.05) is 6.07 Å². The largest absolute Gasteiger partial charge is 0.355 e. The first kappa shape index (κ1) is 15.6. The van der Waals surface area contributed by atoms with Gasteiger partial charge in [0.15, 0.2) is 11.5 Å². The molecule has 0 spiro atoms. The second-order valence-electron chi connectivity index (χ2n) is 4.93. The highest BCUT2D eigenvalue weighted by molar-refractivity contribution is 5.93. The number of carbonyl (C=O) groups is 1. The molecule has 122 valence electrons. The fourth-order valence-electron chi connectivity index (χ4n) is 2.00. The van der Waals surface area contributed by atoms with E-state index >= 15 is 0 Å². The normalized spacial score (nSPS) is 10.3. The lowest BCUT2D eigenvalue weighted by atomic mass is 10.2. The van der Waals surface area contributed by atoms with Crippen molar-refractivity contribution in [2.75, 3.05) is 18.4 Å². The third-order valence-electron chi connectivity index (χ3n) is 3.18. The fourth-order valence-corrected chi connectivity index (χ4v) is 2.00. The highest BCUT2D eigenvalue weighted by Gasteiger charge is 2.13. The average Bonchev–Trinajstić information content (AvgIpc) is 3.13. The molecule has 0 atom stereocenters. The second-order valence-corrected chi connectivity index (χ2v) is 4.93. The van der Waals surface area contributed by atoms with Crippen molar-refractivity contribution in [2.45, 2.75) is 6.42 Å². The van der Waals surface area contributed by atoms with Gasteiger partial charge in [-0.05, 0) is 24.6 Å². The summed E-state index contributed by atoms with van der Waals surface area (Å²) in [7, 11) is 0. The van der Waals surface area contributed by atoms with E-state index in [4.69, 9.17) is 4.52 Å². The average molecular weight is 324 g/mol. The zero-order valence-electron chi connectivity index (χ0n) is 12.8. The van der Waals surface area contributed by atoms with Gasteiger partial charge in [0.25, 0.3) is 5.91 Å². The molecule has 24 heavy (non-hydrogen) atoms. The minimum absolute atomic E-state index is 0.244. The Balaban J connectivity index is 1.43. The van der Waals surface area contributed by atoms with Crippen LogP contribution in [0.5, 0.6) is 0 Å². The number of hydrogen-bond donors (Lipinski definition) is 2. The first-order chi connectivity index (χ1) is 11.8. The van der Waals surface area contributed by atoms with Crippen molar-refractivity contribution in [3.8, 4) is 11.3 Å². The topological polar surface area (TPSA) is 106 Å². The fraction of sp³-hybridized carbons (Fsp3) is 0.188. The number of hydrogen-bond acceptors (Lipinski definition) is 7. The summed E-state index contributed by atoms with van der Waals surface area (Å²) >= 11 is 0. The van der Waals surface area contributed by atoms with Gasteiger partial charge >= 0.3 is 0 Å². The van der Waals surface area contributed by atoms with E-state index in [1.165, 1.54) is 0 Å². The third-order valence-corrected chi connectivity index (χ3v) is 3.18. The monoisotopic (exact) mass is 324 g/mol. The van der Waals surface area contributed by atoms with E-state index in [1.54, 1.807) is 43.0 Å². The Morgan fingerprint density at radius 1 is 1.12 bits per heavy atom. The molecule has 8 heteroatoms. The van der Waals surface area contributed by atoms with E-state index in [-0.39, 0.29) is 11.6 Å². The Labute approximate surface area is 138 Å². The minimum atomic E-state index is -0.273. The Hall–Kier alpha value is -3.29. The summed E-state index contributed by atoms with van der Waals surface area (Å²) in [6, 6.07) is 6.99. The lowest BCUT2D eigenvalue weighted by molar-refractivity contribution is 0.0944. The SMILES string of the molecule is O=C(NCCCNc1ncccn1)c1cc(-c2cccnc2)on1. The summed E-state index contributed by atoms with van der Waals surface area (Å²) in [5.41, 5.74) is 1.02. The molecule has 0 aliphatic rings. The number of rotatable bonds is 7. The number of nitrogens with one attached hydrogen (secondary N) is 2. The molecule has 3 aromatic heterocycles. The summed E-state index contributed by atoms with van der Waals surface area (Å²) in [6.45, 7) is 1.16. The molecule has 0 fully saturated rings. The van der Waals surface area contributed by atoms with E-state index in [0.29, 0.717) is 24.8 Å². The van der Waals surface area contributed by atoms with E-state index in [9.17, 15) is 4.79 Å². The number of carbonyl (C=O) groups excluding carboxylic acids is 1. The summed E-state index contributed by atoms with van der Waals surface area (Å²) in [6.07, 6.45) is 7.39. The Kier molecular flexibility index (Phi) is 5.08. The second kappa shape index (κ2) is 7.82. The Bertz CT molecular complexity index is 776. The first-order valence-corrected chi connectivity index (χ1v) is 7.49. The minimum Gasteiger partial charge on any atom is -0.355 e. The molecule has 1 amide bonds. The van der Waals surface area contributed by atoms with Crippen molar-refractivity contribution < 1.29 is 9.32 Å². The first-order valence-electron chi connectivity index (χ1n) is 7.49. The third kappa shape index (κ3) is 4.13. The van der Waals surface area contributed by atoms with Gasteiger partial charge in [-0.15, -0.1) is 0 Å². The van der Waals surface area contributed by atoms with Crippen LogP contribution in [0.15, 0.2) is 53.6 Å². The summed E-state index contributed by atoms with van der Waals surface area (Å²) in [4.78, 5) is 24.1. The van der Waals surface area contributed by atoms with Gasteiger partial charge in [0.1, 0.15) is 0 Å². The predicted molar refractivity (Wildman–Crippen MR) is 87.2 cm³/mol. The molecule has 0 bridgehead atoms. The van der Waals surface area contributed by atoms with Gasteiger partial charge in [0, 0.05) is 49.5 Å². The van der Waals surface area contributed by atoms with Gasteiger partial charge in [-0.1, -0.05) is 5.16 Å². The highest BCUT2D eigenvalue weighted by atomic mass is 16.5. The maximum atomic E-state index is 12.0. The predicted octanol–water partition coefficient (Wildman–Crippen LogP) is 1.76. The molecule has 3 heterocycles. The molecular formula is C16H16N6O2. The molecule has 0 saturated carbocycles. The van der Waals surface area contributed by atoms with Crippen molar-refractivity contribution in [3.05, 3.63) is 54.7 Å². The Morgan fingerprint density at radius 2 is 2.00 bits per heavy atom. The van der Waals surface area contributed by atoms with Gasteiger partial charge in [-0.2, -0.15) is 0 Å². The van der Waals surface area contributed by atoms with Crippen molar-refractivity contribution in [3.63, 3.8) is 0 Å². The number of anilines is 1. The molecule has 0 aliphatic carbocycles. The van der Waals surface area contributed by atoms with Gasteiger partial charge in [-0.25, -0.2) is 9.97 Å². The maximum absolute atomic E-state index is 12.0. The van der Waals surface area contributed by atoms with E-state index in [0.717, 1.165) is 12.0 Å². The molecule has 2 N–H and O–H groups in total. The van der Waals surface area contributed by atoms with Crippen LogP contribution in [0, 0.1) is 0 Å². The van der Waals surface area contributed by atoms with Crippen molar-refractivity contribution in [1.82, 2.24) is 25.4 Å². The van der Waals surface area contributed by atoms with Gasteiger partial charge in [-0.3, -0.25) is 9.78 Å². The van der Waals surface area contributed by atoms with Gasteiger partial charge in [0.05, 0.1) is 0 Å². The standard InChI is InChI=1S/C16H16N6O2/c23-15(18-6-2-7-19-16-20-8-3-9-21-16)13-10-14(24-22-13)12-4-1-5-17-11-12/h1,3-5,8-11H,2,6-7H2,(H,18,23)(H,19,20,21). The lowest BCUT2D eigenvalue weighted by Crippen LogP contribution is -2.26. The quantitative estimate of drug-likeness (QED) is 0.638. The number of pyridine rings is 1. The molecule has 0 aromatic carbocycles. The smallest absolute Gasteiger partial charge is 0.273 e. The molecule has 0 unspecified atom stereocenters. The molecule has 0 radical (unpaired) electrons. The molecule has 0 saturated heterocycles. The van der Waals surface area contributed by atoms with Gasteiger partial charge in [0.2, 0.25) is 5.95 Å². The van der Waals surface area contributed by atoms with Crippen LogP contribution in [0.1, 0.15) is 16.9 Å². The van der Waals surface area contributed by atoms with Crippen LogP contribution in [0.3, 0.4) is 0 Å².